The summed E-state index contributed by atoms with van der Waals surface area (Å²) < 4.78 is 0. The second kappa shape index (κ2) is 5.43. The Kier molecular flexibility index (Phi) is 4.17. The third-order valence-electron chi connectivity index (χ3n) is 2.27. The molecule has 0 aromatic heterocycles. The summed E-state index contributed by atoms with van der Waals surface area (Å²) in [6.45, 7) is 3.95. The number of amides is 1. The molecule has 1 rings (SSSR count). The van der Waals surface area contributed by atoms with Crippen molar-refractivity contribution in [2.75, 3.05) is 0 Å². The van der Waals surface area contributed by atoms with Crippen molar-refractivity contribution < 1.29 is 4.79 Å². The summed E-state index contributed by atoms with van der Waals surface area (Å²) in [5.74, 6) is 0.112. The Bertz CT molecular complexity index is 282. The van der Waals surface area contributed by atoms with Gasteiger partial charge in [-0.1, -0.05) is 44.2 Å². The average Bonchev–Trinajstić information content (AvgIpc) is 2.26. The average molecular weight is 191 g/mol. The summed E-state index contributed by atoms with van der Waals surface area (Å²) in [5, 5.41) is 2.99. The Morgan fingerprint density at radius 2 is 1.93 bits per heavy atom. The molecule has 1 aromatic carbocycles. The van der Waals surface area contributed by atoms with Crippen molar-refractivity contribution in [2.45, 2.75) is 32.7 Å². The second-order valence-corrected chi connectivity index (χ2v) is 3.29. The van der Waals surface area contributed by atoms with Gasteiger partial charge in [0, 0.05) is 6.42 Å². The Morgan fingerprint density at radius 3 is 2.43 bits per heavy atom. The van der Waals surface area contributed by atoms with Gasteiger partial charge < -0.3 is 5.32 Å². The van der Waals surface area contributed by atoms with Crippen LogP contribution in [-0.4, -0.2) is 5.91 Å². The van der Waals surface area contributed by atoms with Gasteiger partial charge in [-0.3, -0.25) is 4.79 Å². The molecule has 1 amide bonds. The maximum atomic E-state index is 11.2. The molecule has 2 nitrogen and oxygen atoms in total. The van der Waals surface area contributed by atoms with Gasteiger partial charge in [-0.2, -0.15) is 0 Å². The lowest BCUT2D eigenvalue weighted by atomic mass is 10.0. The molecule has 0 aliphatic carbocycles. The number of benzene rings is 1. The number of carbonyl (C=O) groups is 1. The first-order chi connectivity index (χ1) is 6.77. The van der Waals surface area contributed by atoms with Crippen molar-refractivity contribution in [2.24, 2.45) is 0 Å². The number of nitrogens with one attached hydrogen (secondary N) is 1. The molecule has 14 heavy (non-hydrogen) atoms. The van der Waals surface area contributed by atoms with E-state index in [1.807, 2.05) is 37.3 Å². The van der Waals surface area contributed by atoms with Crippen LogP contribution in [0.3, 0.4) is 0 Å². The van der Waals surface area contributed by atoms with E-state index < -0.39 is 0 Å². The van der Waals surface area contributed by atoms with E-state index in [0.717, 1.165) is 6.42 Å². The molecule has 1 aromatic rings. The molecular formula is C12H17NO. The smallest absolute Gasteiger partial charge is 0.220 e. The van der Waals surface area contributed by atoms with Crippen LogP contribution in [0, 0.1) is 0 Å². The van der Waals surface area contributed by atoms with Crippen molar-refractivity contribution in [1.29, 1.82) is 0 Å². The molecule has 76 valence electrons. The lowest BCUT2D eigenvalue weighted by molar-refractivity contribution is -0.121. The number of carbonyl (C=O) groups excluding carboxylic acids is 1. The van der Waals surface area contributed by atoms with Gasteiger partial charge >= 0.3 is 0 Å². The lowest BCUT2D eigenvalue weighted by Gasteiger charge is -2.16. The second-order valence-electron chi connectivity index (χ2n) is 3.29. The van der Waals surface area contributed by atoms with Crippen molar-refractivity contribution in [3.05, 3.63) is 35.9 Å². The molecule has 0 spiro atoms. The van der Waals surface area contributed by atoms with Crippen LogP contribution in [0.5, 0.6) is 0 Å². The Morgan fingerprint density at radius 1 is 1.29 bits per heavy atom. The summed E-state index contributed by atoms with van der Waals surface area (Å²) in [5.41, 5.74) is 1.18. The first-order valence-corrected chi connectivity index (χ1v) is 5.12. The van der Waals surface area contributed by atoms with Gasteiger partial charge in [-0.25, -0.2) is 0 Å². The maximum Gasteiger partial charge on any atom is 0.220 e. The highest BCUT2D eigenvalue weighted by Gasteiger charge is 2.10. The van der Waals surface area contributed by atoms with Crippen LogP contribution in [0.2, 0.25) is 0 Å². The van der Waals surface area contributed by atoms with Crippen LogP contribution in [-0.2, 0) is 4.79 Å². The first kappa shape index (κ1) is 10.8. The Balaban J connectivity index is 2.68. The number of hydrogen-bond acceptors (Lipinski definition) is 1. The van der Waals surface area contributed by atoms with Crippen LogP contribution in [0.25, 0.3) is 0 Å². The van der Waals surface area contributed by atoms with Crippen LogP contribution >= 0.6 is 0 Å². The largest absolute Gasteiger partial charge is 0.349 e. The zero-order valence-electron chi connectivity index (χ0n) is 8.79. The highest BCUT2D eigenvalue weighted by molar-refractivity contribution is 5.76. The van der Waals surface area contributed by atoms with Gasteiger partial charge in [0.15, 0.2) is 0 Å². The van der Waals surface area contributed by atoms with Crippen molar-refractivity contribution in [1.82, 2.24) is 5.32 Å². The molecule has 0 saturated carbocycles. The SMILES string of the molecule is CCC(=O)N[C@@H](CC)c1ccccc1. The molecule has 0 unspecified atom stereocenters. The summed E-state index contributed by atoms with van der Waals surface area (Å²) in [6, 6.07) is 10.2. The van der Waals surface area contributed by atoms with Gasteiger partial charge in [-0.05, 0) is 12.0 Å². The number of hydrogen-bond donors (Lipinski definition) is 1. The highest BCUT2D eigenvalue weighted by atomic mass is 16.1. The Labute approximate surface area is 85.3 Å². The fourth-order valence-corrected chi connectivity index (χ4v) is 1.40. The monoisotopic (exact) mass is 191 g/mol. The van der Waals surface area contributed by atoms with E-state index in [1.165, 1.54) is 5.56 Å². The zero-order chi connectivity index (χ0) is 10.4. The molecule has 0 bridgehead atoms. The standard InChI is InChI=1S/C12H17NO/c1-3-11(13-12(14)4-2)10-8-6-5-7-9-10/h5-9,11H,3-4H2,1-2H3,(H,13,14)/t11-/m0/s1. The van der Waals surface area contributed by atoms with E-state index in [2.05, 4.69) is 12.2 Å². The van der Waals surface area contributed by atoms with Crippen LogP contribution in [0.1, 0.15) is 38.3 Å². The molecule has 0 aliphatic heterocycles. The van der Waals surface area contributed by atoms with Crippen molar-refractivity contribution in [3.63, 3.8) is 0 Å². The van der Waals surface area contributed by atoms with Crippen molar-refractivity contribution in [3.8, 4) is 0 Å². The fraction of sp³-hybridized carbons (Fsp3) is 0.417. The van der Waals surface area contributed by atoms with E-state index >= 15 is 0 Å². The molecule has 0 saturated heterocycles. The predicted octanol–water partition coefficient (Wildman–Crippen LogP) is 2.66. The van der Waals surface area contributed by atoms with Gasteiger partial charge in [0.25, 0.3) is 0 Å². The van der Waals surface area contributed by atoms with Gasteiger partial charge in [0.05, 0.1) is 6.04 Å². The minimum atomic E-state index is 0.112. The molecule has 0 heterocycles. The van der Waals surface area contributed by atoms with Crippen molar-refractivity contribution >= 4 is 5.91 Å². The molecule has 0 radical (unpaired) electrons. The Hall–Kier alpha value is -1.31. The summed E-state index contributed by atoms with van der Waals surface area (Å²) >= 11 is 0. The third kappa shape index (κ3) is 2.87. The molecule has 1 N–H and O–H groups in total. The third-order valence-corrected chi connectivity index (χ3v) is 2.27. The van der Waals surface area contributed by atoms with Crippen LogP contribution in [0.15, 0.2) is 30.3 Å². The topological polar surface area (TPSA) is 29.1 Å². The molecule has 0 aliphatic rings. The molecule has 0 fully saturated rings. The zero-order valence-corrected chi connectivity index (χ0v) is 8.79. The van der Waals surface area contributed by atoms with Gasteiger partial charge in [-0.15, -0.1) is 0 Å². The normalized spacial score (nSPS) is 12.1. The van der Waals surface area contributed by atoms with Crippen LogP contribution in [0.4, 0.5) is 0 Å². The summed E-state index contributed by atoms with van der Waals surface area (Å²) in [4.78, 5) is 11.2. The minimum Gasteiger partial charge on any atom is -0.349 e. The van der Waals surface area contributed by atoms with Crippen LogP contribution < -0.4 is 5.32 Å². The minimum absolute atomic E-state index is 0.112. The predicted molar refractivity (Wildman–Crippen MR) is 57.9 cm³/mol. The van der Waals surface area contributed by atoms with E-state index in [0.29, 0.717) is 6.42 Å². The fourth-order valence-electron chi connectivity index (χ4n) is 1.40. The lowest BCUT2D eigenvalue weighted by Crippen LogP contribution is -2.27. The van der Waals surface area contributed by atoms with E-state index in [-0.39, 0.29) is 11.9 Å². The molecular weight excluding hydrogens is 174 g/mol. The van der Waals surface area contributed by atoms with E-state index in [4.69, 9.17) is 0 Å². The quantitative estimate of drug-likeness (QED) is 0.778. The van der Waals surface area contributed by atoms with E-state index in [9.17, 15) is 4.79 Å². The molecule has 1 atom stereocenters. The highest BCUT2D eigenvalue weighted by Crippen LogP contribution is 2.15. The summed E-state index contributed by atoms with van der Waals surface area (Å²) in [7, 11) is 0. The van der Waals surface area contributed by atoms with E-state index in [1.54, 1.807) is 0 Å². The summed E-state index contributed by atoms with van der Waals surface area (Å²) in [6.07, 6.45) is 1.47. The number of rotatable bonds is 4. The van der Waals surface area contributed by atoms with Gasteiger partial charge in [0.2, 0.25) is 5.91 Å². The van der Waals surface area contributed by atoms with Gasteiger partial charge in [0.1, 0.15) is 0 Å². The molecule has 2 heteroatoms. The first-order valence-electron chi connectivity index (χ1n) is 5.12. The maximum absolute atomic E-state index is 11.2.